The summed E-state index contributed by atoms with van der Waals surface area (Å²) in [5.74, 6) is 0.592. The average molecular weight is 149 g/mol. The van der Waals surface area contributed by atoms with Gasteiger partial charge in [0.05, 0.1) is 0 Å². The number of hydrogen-bond donors (Lipinski definition) is 0. The van der Waals surface area contributed by atoms with Crippen LogP contribution in [0.25, 0.3) is 0 Å². The maximum absolute atomic E-state index is 4.31. The zero-order valence-corrected chi connectivity index (χ0v) is 7.46. The highest BCUT2D eigenvalue weighted by Gasteiger charge is 2.02. The van der Waals surface area contributed by atoms with Crippen molar-refractivity contribution in [3.63, 3.8) is 0 Å². The van der Waals surface area contributed by atoms with Crippen LogP contribution in [0.3, 0.4) is 0 Å². The van der Waals surface area contributed by atoms with Crippen molar-refractivity contribution in [3.05, 3.63) is 29.6 Å². The molecule has 1 heterocycles. The average Bonchev–Trinajstić information content (AvgIpc) is 2.03. The summed E-state index contributed by atoms with van der Waals surface area (Å²) in [4.78, 5) is 4.31. The van der Waals surface area contributed by atoms with Crippen molar-refractivity contribution in [2.75, 3.05) is 0 Å². The molecule has 0 aliphatic heterocycles. The van der Waals surface area contributed by atoms with Gasteiger partial charge < -0.3 is 0 Å². The molecule has 0 bridgehead atoms. The van der Waals surface area contributed by atoms with Gasteiger partial charge in [0.15, 0.2) is 0 Å². The Labute approximate surface area is 68.5 Å². The van der Waals surface area contributed by atoms with Gasteiger partial charge >= 0.3 is 0 Å². The molecule has 1 rings (SSSR count). The van der Waals surface area contributed by atoms with E-state index in [1.54, 1.807) is 0 Å². The first-order valence-corrected chi connectivity index (χ1v) is 4.16. The summed E-state index contributed by atoms with van der Waals surface area (Å²) in [5.41, 5.74) is 2.52. The van der Waals surface area contributed by atoms with Crippen molar-refractivity contribution in [1.29, 1.82) is 0 Å². The molecule has 11 heavy (non-hydrogen) atoms. The van der Waals surface area contributed by atoms with Crippen LogP contribution < -0.4 is 0 Å². The van der Waals surface area contributed by atoms with E-state index in [1.165, 1.54) is 11.3 Å². The Bertz CT molecular complexity index is 230. The normalized spacial score (nSPS) is 13.0. The lowest BCUT2D eigenvalue weighted by molar-refractivity contribution is 0.707. The zero-order valence-electron chi connectivity index (χ0n) is 7.46. The highest BCUT2D eigenvalue weighted by atomic mass is 14.7. The first kappa shape index (κ1) is 8.25. The molecule has 0 spiro atoms. The maximum Gasteiger partial charge on any atom is 0.0434 e. The lowest BCUT2D eigenvalue weighted by atomic mass is 10.0. The van der Waals surface area contributed by atoms with Crippen LogP contribution in [0.4, 0.5) is 0 Å². The highest BCUT2D eigenvalue weighted by molar-refractivity contribution is 5.16. The summed E-state index contributed by atoms with van der Waals surface area (Å²) in [7, 11) is 0. The van der Waals surface area contributed by atoms with Gasteiger partial charge in [-0.1, -0.05) is 13.8 Å². The lowest BCUT2D eigenvalue weighted by Crippen LogP contribution is -1.94. The Kier molecular flexibility index (Phi) is 2.64. The van der Waals surface area contributed by atoms with Crippen LogP contribution in [-0.2, 0) is 0 Å². The van der Waals surface area contributed by atoms with Gasteiger partial charge in [0, 0.05) is 11.9 Å². The van der Waals surface area contributed by atoms with Gasteiger partial charge in [-0.15, -0.1) is 0 Å². The van der Waals surface area contributed by atoms with E-state index in [-0.39, 0.29) is 0 Å². The van der Waals surface area contributed by atoms with Crippen LogP contribution in [0.15, 0.2) is 18.3 Å². The standard InChI is InChI=1S/C10H15N/c1-4-9(3)10-7-8(2)5-6-11-10/h5-7,9H,4H2,1-3H3/t9-/m1/s1. The number of aromatic nitrogens is 1. The third-order valence-electron chi connectivity index (χ3n) is 2.05. The topological polar surface area (TPSA) is 12.9 Å². The summed E-state index contributed by atoms with van der Waals surface area (Å²) in [6, 6.07) is 4.19. The third kappa shape index (κ3) is 2.04. The van der Waals surface area contributed by atoms with Crippen LogP contribution in [0.5, 0.6) is 0 Å². The molecule has 0 aromatic carbocycles. The molecule has 1 nitrogen and oxygen atoms in total. The van der Waals surface area contributed by atoms with E-state index in [2.05, 4.69) is 31.8 Å². The molecule has 1 aromatic rings. The number of nitrogens with zero attached hydrogens (tertiary/aromatic N) is 1. The first-order chi connectivity index (χ1) is 5.24. The van der Waals surface area contributed by atoms with Crippen molar-refractivity contribution >= 4 is 0 Å². The fraction of sp³-hybridized carbons (Fsp3) is 0.500. The smallest absolute Gasteiger partial charge is 0.0434 e. The molecule has 0 amide bonds. The minimum absolute atomic E-state index is 0.592. The van der Waals surface area contributed by atoms with E-state index in [0.717, 1.165) is 6.42 Å². The van der Waals surface area contributed by atoms with Crippen LogP contribution >= 0.6 is 0 Å². The predicted octanol–water partition coefficient (Wildman–Crippen LogP) is 2.90. The minimum Gasteiger partial charge on any atom is -0.261 e. The molecule has 0 aliphatic rings. The van der Waals surface area contributed by atoms with Crippen molar-refractivity contribution in [2.45, 2.75) is 33.1 Å². The van der Waals surface area contributed by atoms with E-state index in [4.69, 9.17) is 0 Å². The maximum atomic E-state index is 4.31. The SMILES string of the molecule is CC[C@@H](C)c1cc(C)ccn1. The highest BCUT2D eigenvalue weighted by Crippen LogP contribution is 2.16. The second-order valence-electron chi connectivity index (χ2n) is 3.07. The van der Waals surface area contributed by atoms with Crippen molar-refractivity contribution < 1.29 is 0 Å². The minimum atomic E-state index is 0.592. The number of pyridine rings is 1. The Morgan fingerprint density at radius 2 is 2.27 bits per heavy atom. The van der Waals surface area contributed by atoms with Crippen LogP contribution in [0.2, 0.25) is 0 Å². The summed E-state index contributed by atoms with van der Waals surface area (Å²) in [5, 5.41) is 0. The summed E-state index contributed by atoms with van der Waals surface area (Å²) in [6.45, 7) is 6.50. The van der Waals surface area contributed by atoms with E-state index in [9.17, 15) is 0 Å². The van der Waals surface area contributed by atoms with E-state index in [0.29, 0.717) is 5.92 Å². The summed E-state index contributed by atoms with van der Waals surface area (Å²) >= 11 is 0. The molecule has 1 atom stereocenters. The van der Waals surface area contributed by atoms with Gasteiger partial charge in [-0.3, -0.25) is 4.98 Å². The van der Waals surface area contributed by atoms with Gasteiger partial charge in [0.1, 0.15) is 0 Å². The van der Waals surface area contributed by atoms with Crippen molar-refractivity contribution in [2.24, 2.45) is 0 Å². The molecule has 0 fully saturated rings. The summed E-state index contributed by atoms with van der Waals surface area (Å²) < 4.78 is 0. The Balaban J connectivity index is 2.86. The van der Waals surface area contributed by atoms with Gasteiger partial charge in [0.2, 0.25) is 0 Å². The molecule has 0 radical (unpaired) electrons. The molecule has 60 valence electrons. The molecule has 0 unspecified atom stereocenters. The largest absolute Gasteiger partial charge is 0.261 e. The molecule has 0 saturated carbocycles. The number of aryl methyl sites for hydroxylation is 1. The molecular weight excluding hydrogens is 134 g/mol. The first-order valence-electron chi connectivity index (χ1n) is 4.16. The second-order valence-corrected chi connectivity index (χ2v) is 3.07. The van der Waals surface area contributed by atoms with Gasteiger partial charge in [-0.05, 0) is 37.0 Å². The monoisotopic (exact) mass is 149 g/mol. The quantitative estimate of drug-likeness (QED) is 0.630. The van der Waals surface area contributed by atoms with Crippen LogP contribution in [0, 0.1) is 6.92 Å². The molecule has 1 heteroatoms. The van der Waals surface area contributed by atoms with Gasteiger partial charge in [0.25, 0.3) is 0 Å². The fourth-order valence-corrected chi connectivity index (χ4v) is 1.04. The lowest BCUT2D eigenvalue weighted by Gasteiger charge is -2.07. The molecule has 0 saturated heterocycles. The van der Waals surface area contributed by atoms with Crippen molar-refractivity contribution in [1.82, 2.24) is 4.98 Å². The summed E-state index contributed by atoms with van der Waals surface area (Å²) in [6.07, 6.45) is 3.05. The fourth-order valence-electron chi connectivity index (χ4n) is 1.04. The van der Waals surface area contributed by atoms with Gasteiger partial charge in [-0.2, -0.15) is 0 Å². The van der Waals surface area contributed by atoms with E-state index in [1.807, 2.05) is 12.3 Å². The van der Waals surface area contributed by atoms with E-state index < -0.39 is 0 Å². The number of hydrogen-bond acceptors (Lipinski definition) is 1. The second kappa shape index (κ2) is 3.51. The molecular formula is C10H15N. The van der Waals surface area contributed by atoms with E-state index >= 15 is 0 Å². The molecule has 1 aromatic heterocycles. The van der Waals surface area contributed by atoms with Crippen LogP contribution in [0.1, 0.15) is 37.4 Å². The van der Waals surface area contributed by atoms with Crippen LogP contribution in [-0.4, -0.2) is 4.98 Å². The van der Waals surface area contributed by atoms with Crippen molar-refractivity contribution in [3.8, 4) is 0 Å². The Morgan fingerprint density at radius 1 is 1.55 bits per heavy atom. The zero-order chi connectivity index (χ0) is 8.27. The third-order valence-corrected chi connectivity index (χ3v) is 2.05. The number of rotatable bonds is 2. The predicted molar refractivity (Wildman–Crippen MR) is 47.7 cm³/mol. The molecule has 0 N–H and O–H groups in total. The Morgan fingerprint density at radius 3 is 2.82 bits per heavy atom. The Hall–Kier alpha value is -0.850. The van der Waals surface area contributed by atoms with Gasteiger partial charge in [-0.25, -0.2) is 0 Å². The molecule has 0 aliphatic carbocycles.